The zero-order valence-corrected chi connectivity index (χ0v) is 14.0. The second kappa shape index (κ2) is 6.34. The van der Waals surface area contributed by atoms with Crippen LogP contribution in [0.4, 0.5) is 0 Å². The summed E-state index contributed by atoms with van der Waals surface area (Å²) in [6.07, 6.45) is 0. The van der Waals surface area contributed by atoms with Gasteiger partial charge in [0.15, 0.2) is 0 Å². The van der Waals surface area contributed by atoms with Crippen molar-refractivity contribution in [2.45, 2.75) is 26.8 Å². The Balaban J connectivity index is 1.74. The monoisotopic (exact) mass is 327 g/mol. The molecular formula is C17H17N3O2S. The van der Waals surface area contributed by atoms with Gasteiger partial charge in [0.05, 0.1) is 17.4 Å². The van der Waals surface area contributed by atoms with Gasteiger partial charge in [0.1, 0.15) is 5.01 Å². The number of aryl methyl sites for hydroxylation is 1. The second-order valence-corrected chi connectivity index (χ2v) is 6.24. The molecule has 1 aromatic carbocycles. The summed E-state index contributed by atoms with van der Waals surface area (Å²) in [6, 6.07) is 9.77. The highest BCUT2D eigenvalue weighted by Gasteiger charge is 2.20. The first-order chi connectivity index (χ1) is 11.1. The molecule has 0 radical (unpaired) electrons. The summed E-state index contributed by atoms with van der Waals surface area (Å²) in [5.41, 5.74) is 3.47. The number of hydrogen-bond donors (Lipinski definition) is 1. The maximum Gasteiger partial charge on any atom is 0.290 e. The maximum atomic E-state index is 12.3. The quantitative estimate of drug-likeness (QED) is 0.789. The van der Waals surface area contributed by atoms with Gasteiger partial charge in [0, 0.05) is 16.5 Å². The molecule has 2 heterocycles. The molecule has 23 heavy (non-hydrogen) atoms. The zero-order chi connectivity index (χ0) is 16.4. The molecule has 0 spiro atoms. The molecule has 1 N–H and O–H groups in total. The molecule has 0 saturated heterocycles. The van der Waals surface area contributed by atoms with Gasteiger partial charge in [-0.3, -0.25) is 4.79 Å². The van der Waals surface area contributed by atoms with Crippen LogP contribution in [0.1, 0.15) is 39.8 Å². The number of rotatable bonds is 4. The maximum absolute atomic E-state index is 12.3. The molecule has 0 bridgehead atoms. The predicted molar refractivity (Wildman–Crippen MR) is 89.4 cm³/mol. The van der Waals surface area contributed by atoms with Crippen molar-refractivity contribution < 1.29 is 9.32 Å². The third-order valence-corrected chi connectivity index (χ3v) is 4.70. The Hall–Kier alpha value is -2.47. The molecule has 0 aliphatic carbocycles. The van der Waals surface area contributed by atoms with Gasteiger partial charge < -0.3 is 9.84 Å². The first kappa shape index (κ1) is 15.4. The Kier molecular flexibility index (Phi) is 4.25. The van der Waals surface area contributed by atoms with Crippen LogP contribution in [-0.4, -0.2) is 16.0 Å². The lowest BCUT2D eigenvalue weighted by atomic mass is 10.2. The van der Waals surface area contributed by atoms with Crippen LogP contribution in [0.5, 0.6) is 0 Å². The zero-order valence-electron chi connectivity index (χ0n) is 13.2. The van der Waals surface area contributed by atoms with Gasteiger partial charge in [-0.1, -0.05) is 35.5 Å². The molecule has 0 saturated carbocycles. The number of nitrogens with zero attached hydrogens (tertiary/aromatic N) is 2. The van der Waals surface area contributed by atoms with Crippen LogP contribution in [-0.2, 0) is 0 Å². The summed E-state index contributed by atoms with van der Waals surface area (Å²) in [4.78, 5) is 16.9. The number of carbonyl (C=O) groups excluding carboxylic acids is 1. The van der Waals surface area contributed by atoms with Crippen LogP contribution in [0.3, 0.4) is 0 Å². The van der Waals surface area contributed by atoms with E-state index < -0.39 is 0 Å². The molecule has 0 aliphatic rings. The lowest BCUT2D eigenvalue weighted by Crippen LogP contribution is -2.26. The SMILES string of the molecule is Cc1noc(C(=O)NC(C)c2nc(-c3ccccc3)cs2)c1C. The fourth-order valence-corrected chi connectivity index (χ4v) is 3.01. The number of carbonyl (C=O) groups is 1. The van der Waals surface area contributed by atoms with E-state index in [2.05, 4.69) is 15.5 Å². The van der Waals surface area contributed by atoms with Gasteiger partial charge in [0.2, 0.25) is 5.76 Å². The molecule has 3 rings (SSSR count). The number of nitrogens with one attached hydrogen (secondary N) is 1. The molecule has 1 unspecified atom stereocenters. The molecule has 2 aromatic heterocycles. The van der Waals surface area contributed by atoms with Crippen molar-refractivity contribution in [3.63, 3.8) is 0 Å². The van der Waals surface area contributed by atoms with E-state index in [0.717, 1.165) is 27.5 Å². The van der Waals surface area contributed by atoms with Crippen molar-refractivity contribution in [3.05, 3.63) is 57.7 Å². The predicted octanol–water partition coefficient (Wildman–Crippen LogP) is 3.91. The minimum Gasteiger partial charge on any atom is -0.350 e. The average Bonchev–Trinajstić information content (AvgIpc) is 3.16. The number of aromatic nitrogens is 2. The first-order valence-corrected chi connectivity index (χ1v) is 8.19. The Morgan fingerprint density at radius 2 is 2.00 bits per heavy atom. The third-order valence-electron chi connectivity index (χ3n) is 3.67. The highest BCUT2D eigenvalue weighted by Crippen LogP contribution is 2.25. The fourth-order valence-electron chi connectivity index (χ4n) is 2.18. The lowest BCUT2D eigenvalue weighted by molar-refractivity contribution is 0.0901. The van der Waals surface area contributed by atoms with Gasteiger partial charge in [0.25, 0.3) is 5.91 Å². The molecule has 118 valence electrons. The largest absolute Gasteiger partial charge is 0.350 e. The molecule has 1 amide bonds. The number of thiazole rings is 1. The van der Waals surface area contributed by atoms with Gasteiger partial charge in [-0.25, -0.2) is 4.98 Å². The van der Waals surface area contributed by atoms with E-state index in [4.69, 9.17) is 4.52 Å². The van der Waals surface area contributed by atoms with Crippen LogP contribution in [0.2, 0.25) is 0 Å². The summed E-state index contributed by atoms with van der Waals surface area (Å²) in [6.45, 7) is 5.54. The summed E-state index contributed by atoms with van der Waals surface area (Å²) in [7, 11) is 0. The molecule has 6 heteroatoms. The fraction of sp³-hybridized carbons (Fsp3) is 0.235. The van der Waals surface area contributed by atoms with Crippen molar-refractivity contribution in [2.75, 3.05) is 0 Å². The van der Waals surface area contributed by atoms with E-state index in [-0.39, 0.29) is 17.7 Å². The van der Waals surface area contributed by atoms with E-state index in [1.807, 2.05) is 56.5 Å². The number of amides is 1. The molecule has 1 atom stereocenters. The molecular weight excluding hydrogens is 310 g/mol. The van der Waals surface area contributed by atoms with Gasteiger partial charge in [-0.2, -0.15) is 0 Å². The van der Waals surface area contributed by atoms with E-state index in [1.165, 1.54) is 11.3 Å². The van der Waals surface area contributed by atoms with E-state index >= 15 is 0 Å². The summed E-state index contributed by atoms with van der Waals surface area (Å²) in [5.74, 6) is -0.0127. The van der Waals surface area contributed by atoms with Crippen molar-refractivity contribution in [2.24, 2.45) is 0 Å². The third kappa shape index (κ3) is 3.17. The van der Waals surface area contributed by atoms with E-state index in [0.29, 0.717) is 0 Å². The topological polar surface area (TPSA) is 68.0 Å². The average molecular weight is 327 g/mol. The minimum absolute atomic E-state index is 0.199. The van der Waals surface area contributed by atoms with Crippen molar-refractivity contribution in [3.8, 4) is 11.3 Å². The molecule has 0 fully saturated rings. The Morgan fingerprint density at radius 1 is 1.26 bits per heavy atom. The minimum atomic E-state index is -0.271. The van der Waals surface area contributed by atoms with Crippen LogP contribution in [0.25, 0.3) is 11.3 Å². The van der Waals surface area contributed by atoms with Crippen LogP contribution in [0.15, 0.2) is 40.2 Å². The summed E-state index contributed by atoms with van der Waals surface area (Å²) >= 11 is 1.53. The normalized spacial score (nSPS) is 12.1. The van der Waals surface area contributed by atoms with Crippen LogP contribution < -0.4 is 5.32 Å². The van der Waals surface area contributed by atoms with Crippen molar-refractivity contribution in [1.82, 2.24) is 15.5 Å². The Bertz CT molecular complexity index is 823. The second-order valence-electron chi connectivity index (χ2n) is 5.35. The Morgan fingerprint density at radius 3 is 2.65 bits per heavy atom. The van der Waals surface area contributed by atoms with Crippen molar-refractivity contribution in [1.29, 1.82) is 0 Å². The van der Waals surface area contributed by atoms with E-state index in [1.54, 1.807) is 0 Å². The lowest BCUT2D eigenvalue weighted by Gasteiger charge is -2.09. The molecule has 3 aromatic rings. The van der Waals surface area contributed by atoms with Gasteiger partial charge >= 0.3 is 0 Å². The van der Waals surface area contributed by atoms with Crippen molar-refractivity contribution >= 4 is 17.2 Å². The number of hydrogen-bond acceptors (Lipinski definition) is 5. The Labute approximate surface area is 138 Å². The smallest absolute Gasteiger partial charge is 0.290 e. The van der Waals surface area contributed by atoms with Gasteiger partial charge in [-0.05, 0) is 20.8 Å². The van der Waals surface area contributed by atoms with E-state index in [9.17, 15) is 4.79 Å². The van der Waals surface area contributed by atoms with Crippen LogP contribution in [0, 0.1) is 13.8 Å². The molecule has 0 aliphatic heterocycles. The van der Waals surface area contributed by atoms with Crippen LogP contribution >= 0.6 is 11.3 Å². The standard InChI is InChI=1S/C17H17N3O2S/c1-10-11(2)20-22-15(10)16(21)18-12(3)17-19-14(9-23-17)13-7-5-4-6-8-13/h4-9,12H,1-3H3,(H,18,21). The summed E-state index contributed by atoms with van der Waals surface area (Å²) < 4.78 is 5.09. The number of benzene rings is 1. The highest BCUT2D eigenvalue weighted by atomic mass is 32.1. The highest BCUT2D eigenvalue weighted by molar-refractivity contribution is 7.10. The summed E-state index contributed by atoms with van der Waals surface area (Å²) in [5, 5.41) is 9.57. The van der Waals surface area contributed by atoms with Gasteiger partial charge in [-0.15, -0.1) is 11.3 Å². The molecule has 5 nitrogen and oxygen atoms in total. The first-order valence-electron chi connectivity index (χ1n) is 7.31.